The molecule has 0 saturated heterocycles. The van der Waals surface area contributed by atoms with E-state index in [1.54, 1.807) is 13.8 Å². The highest BCUT2D eigenvalue weighted by atomic mass is 32.2. The number of nitrogens with zero attached hydrogens (tertiary/aromatic N) is 1. The molecule has 2 aromatic rings. The Balaban J connectivity index is 2.05. The Labute approximate surface area is 174 Å². The van der Waals surface area contributed by atoms with Gasteiger partial charge in [-0.3, -0.25) is 4.79 Å². The number of amides is 1. The molecule has 5 nitrogen and oxygen atoms in total. The number of benzene rings is 2. The molecule has 0 bridgehead atoms. The van der Waals surface area contributed by atoms with Crippen molar-refractivity contribution in [1.29, 1.82) is 0 Å². The van der Waals surface area contributed by atoms with E-state index in [1.165, 1.54) is 46.8 Å². The second-order valence-corrected chi connectivity index (χ2v) is 8.08. The van der Waals surface area contributed by atoms with Crippen molar-refractivity contribution < 1.29 is 26.4 Å². The predicted molar refractivity (Wildman–Crippen MR) is 107 cm³/mol. The number of nitrogens with one attached hydrogen (secondary N) is 1. The van der Waals surface area contributed by atoms with Gasteiger partial charge in [0.15, 0.2) is 0 Å². The molecule has 0 aromatic heterocycles. The van der Waals surface area contributed by atoms with Crippen molar-refractivity contribution >= 4 is 15.9 Å². The highest BCUT2D eigenvalue weighted by Crippen LogP contribution is 2.31. The number of hydrogen-bond donors (Lipinski definition) is 1. The van der Waals surface area contributed by atoms with Gasteiger partial charge in [-0.2, -0.15) is 17.5 Å². The van der Waals surface area contributed by atoms with Gasteiger partial charge in [0.2, 0.25) is 10.0 Å². The largest absolute Gasteiger partial charge is 0.417 e. The fourth-order valence-corrected chi connectivity index (χ4v) is 4.15. The minimum Gasteiger partial charge on any atom is -0.341 e. The number of halogens is 3. The molecule has 0 aliphatic rings. The third-order valence-electron chi connectivity index (χ3n) is 4.25. The van der Waals surface area contributed by atoms with E-state index < -0.39 is 27.7 Å². The Morgan fingerprint density at radius 1 is 1.03 bits per heavy atom. The molecule has 2 rings (SSSR count). The van der Waals surface area contributed by atoms with Crippen LogP contribution < -0.4 is 5.32 Å². The summed E-state index contributed by atoms with van der Waals surface area (Å²) in [5.41, 5.74) is -0.801. The molecule has 9 heteroatoms. The van der Waals surface area contributed by atoms with E-state index in [-0.39, 0.29) is 22.6 Å². The van der Waals surface area contributed by atoms with Gasteiger partial charge >= 0.3 is 6.18 Å². The van der Waals surface area contributed by atoms with Crippen LogP contribution in [0.4, 0.5) is 13.2 Å². The van der Waals surface area contributed by atoms with Crippen molar-refractivity contribution in [2.45, 2.75) is 24.9 Å². The summed E-state index contributed by atoms with van der Waals surface area (Å²) in [6.07, 6.45) is -4.51. The zero-order chi connectivity index (χ0) is 22.4. The summed E-state index contributed by atoms with van der Waals surface area (Å²) >= 11 is 0. The van der Waals surface area contributed by atoms with Gasteiger partial charge in [0.05, 0.1) is 17.0 Å². The van der Waals surface area contributed by atoms with Crippen molar-refractivity contribution in [3.63, 3.8) is 0 Å². The lowest BCUT2D eigenvalue weighted by atomic mass is 10.1. The van der Waals surface area contributed by atoms with Gasteiger partial charge in [0, 0.05) is 24.2 Å². The summed E-state index contributed by atoms with van der Waals surface area (Å²) in [7, 11) is -3.62. The molecule has 0 radical (unpaired) electrons. The molecule has 0 aliphatic heterocycles. The predicted octanol–water partition coefficient (Wildman–Crippen LogP) is 3.52. The van der Waals surface area contributed by atoms with E-state index in [9.17, 15) is 26.4 Å². The second-order valence-electron chi connectivity index (χ2n) is 6.14. The Bertz CT molecular complexity index is 1050. The number of alkyl halides is 3. The molecule has 1 N–H and O–H groups in total. The number of carbonyl (C=O) groups excluding carboxylic acids is 1. The van der Waals surface area contributed by atoms with Crippen LogP contribution in [-0.4, -0.2) is 38.3 Å². The van der Waals surface area contributed by atoms with E-state index in [1.807, 2.05) is 0 Å². The Morgan fingerprint density at radius 3 is 2.20 bits per heavy atom. The molecule has 0 fully saturated rings. The van der Waals surface area contributed by atoms with Crippen molar-refractivity contribution in [1.82, 2.24) is 9.62 Å². The lowest BCUT2D eigenvalue weighted by Crippen LogP contribution is -2.30. The highest BCUT2D eigenvalue weighted by Gasteiger charge is 2.32. The molecule has 0 spiro atoms. The van der Waals surface area contributed by atoms with Crippen molar-refractivity contribution in [3.8, 4) is 11.8 Å². The molecule has 1 amide bonds. The normalized spacial score (nSPS) is 11.7. The lowest BCUT2D eigenvalue weighted by Gasteiger charge is -2.18. The van der Waals surface area contributed by atoms with Crippen molar-refractivity contribution in [3.05, 3.63) is 65.2 Å². The van der Waals surface area contributed by atoms with Crippen LogP contribution in [0, 0.1) is 11.8 Å². The SMILES string of the molecule is CCN(CC)S(=O)(=O)c1ccc(C(=O)NCC#Cc2ccccc2C(F)(F)F)cc1. The van der Waals surface area contributed by atoms with E-state index in [0.717, 1.165) is 6.07 Å². The van der Waals surface area contributed by atoms with Gasteiger partial charge in [-0.15, -0.1) is 0 Å². The van der Waals surface area contributed by atoms with Gasteiger partial charge < -0.3 is 5.32 Å². The van der Waals surface area contributed by atoms with Gasteiger partial charge in [0.1, 0.15) is 0 Å². The number of rotatable bonds is 6. The summed E-state index contributed by atoms with van der Waals surface area (Å²) in [5, 5.41) is 2.48. The van der Waals surface area contributed by atoms with E-state index in [2.05, 4.69) is 17.2 Å². The minimum absolute atomic E-state index is 0.0753. The van der Waals surface area contributed by atoms with Gasteiger partial charge in [-0.25, -0.2) is 8.42 Å². The standard InChI is InChI=1S/C21H21F3N2O3S/c1-3-26(4-2)30(28,29)18-13-11-17(12-14-18)20(27)25-15-7-9-16-8-5-6-10-19(16)21(22,23)24/h5-6,8,10-14H,3-4,15H2,1-2H3,(H,25,27). The third-order valence-corrected chi connectivity index (χ3v) is 6.32. The quantitative estimate of drug-likeness (QED) is 0.702. The van der Waals surface area contributed by atoms with Crippen molar-refractivity contribution in [2.75, 3.05) is 19.6 Å². The molecule has 0 heterocycles. The van der Waals surface area contributed by atoms with Gasteiger partial charge in [-0.05, 0) is 36.4 Å². The average molecular weight is 438 g/mol. The minimum atomic E-state index is -4.51. The number of carbonyl (C=O) groups is 1. The zero-order valence-corrected chi connectivity index (χ0v) is 17.3. The van der Waals surface area contributed by atoms with E-state index in [0.29, 0.717) is 13.1 Å². The first-order valence-corrected chi connectivity index (χ1v) is 10.6. The van der Waals surface area contributed by atoms with Crippen molar-refractivity contribution in [2.24, 2.45) is 0 Å². The highest BCUT2D eigenvalue weighted by molar-refractivity contribution is 7.89. The molecular weight excluding hydrogens is 417 g/mol. The summed E-state index contributed by atoms with van der Waals surface area (Å²) < 4.78 is 65.0. The zero-order valence-electron chi connectivity index (χ0n) is 16.5. The number of hydrogen-bond acceptors (Lipinski definition) is 3. The maximum absolute atomic E-state index is 12.9. The Hall–Kier alpha value is -2.83. The van der Waals surface area contributed by atoms with Gasteiger partial charge in [0.25, 0.3) is 5.91 Å². The first kappa shape index (κ1) is 23.4. The van der Waals surface area contributed by atoms with Gasteiger partial charge in [-0.1, -0.05) is 37.8 Å². The second kappa shape index (κ2) is 9.78. The van der Waals surface area contributed by atoms with Crippen LogP contribution in [0.15, 0.2) is 53.4 Å². The first-order chi connectivity index (χ1) is 14.1. The molecule has 0 saturated carbocycles. The summed E-state index contributed by atoms with van der Waals surface area (Å²) in [6.45, 7) is 3.97. The molecule has 2 aromatic carbocycles. The summed E-state index contributed by atoms with van der Waals surface area (Å²) in [5.74, 6) is 4.39. The van der Waals surface area contributed by atoms with Crippen LogP contribution in [0.3, 0.4) is 0 Å². The van der Waals surface area contributed by atoms with Crippen LogP contribution >= 0.6 is 0 Å². The Kier molecular flexibility index (Phi) is 7.65. The summed E-state index contributed by atoms with van der Waals surface area (Å²) in [4.78, 5) is 12.2. The van der Waals surface area contributed by atoms with Crippen LogP contribution in [0.25, 0.3) is 0 Å². The third kappa shape index (κ3) is 5.62. The smallest absolute Gasteiger partial charge is 0.341 e. The first-order valence-electron chi connectivity index (χ1n) is 9.14. The number of sulfonamides is 1. The average Bonchev–Trinajstić information content (AvgIpc) is 2.71. The lowest BCUT2D eigenvalue weighted by molar-refractivity contribution is -0.137. The Morgan fingerprint density at radius 2 is 1.63 bits per heavy atom. The molecular formula is C21H21F3N2O3S. The molecule has 30 heavy (non-hydrogen) atoms. The fourth-order valence-electron chi connectivity index (χ4n) is 2.70. The van der Waals surface area contributed by atoms with Crippen LogP contribution in [0.2, 0.25) is 0 Å². The van der Waals surface area contributed by atoms with E-state index >= 15 is 0 Å². The maximum Gasteiger partial charge on any atom is 0.417 e. The summed E-state index contributed by atoms with van der Waals surface area (Å²) in [6, 6.07) is 10.4. The monoisotopic (exact) mass is 438 g/mol. The van der Waals surface area contributed by atoms with Crippen LogP contribution in [0.1, 0.15) is 35.3 Å². The molecule has 0 atom stereocenters. The van der Waals surface area contributed by atoms with Crippen LogP contribution in [-0.2, 0) is 16.2 Å². The fraction of sp³-hybridized carbons (Fsp3) is 0.286. The van der Waals surface area contributed by atoms with E-state index in [4.69, 9.17) is 0 Å². The molecule has 160 valence electrons. The molecule has 0 aliphatic carbocycles. The molecule has 0 unspecified atom stereocenters. The maximum atomic E-state index is 12.9. The van der Waals surface area contributed by atoms with Crippen LogP contribution in [0.5, 0.6) is 0 Å². The topological polar surface area (TPSA) is 66.5 Å².